The number of carbonyl (C=O) groups excluding carboxylic acids is 1. The molecule has 2 aromatic carbocycles. The lowest BCUT2D eigenvalue weighted by Gasteiger charge is -2.10. The summed E-state index contributed by atoms with van der Waals surface area (Å²) >= 11 is 0. The van der Waals surface area contributed by atoms with Crippen LogP contribution in [0.25, 0.3) is 0 Å². The topological polar surface area (TPSA) is 37.3 Å². The van der Waals surface area contributed by atoms with Crippen LogP contribution in [0, 0.1) is 6.92 Å². The number of ketones is 1. The molecule has 2 rings (SSSR count). The lowest BCUT2D eigenvalue weighted by Crippen LogP contribution is -2.07. The number of hydrogen-bond donors (Lipinski definition) is 1. The number of aryl methyl sites for hydroxylation is 1. The number of aliphatic hydroxyl groups excluding tert-OH is 1. The van der Waals surface area contributed by atoms with Gasteiger partial charge in [-0.1, -0.05) is 60.2 Å². The van der Waals surface area contributed by atoms with Gasteiger partial charge in [0.25, 0.3) is 0 Å². The fourth-order valence-corrected chi connectivity index (χ4v) is 1.82. The molecule has 0 aliphatic heterocycles. The van der Waals surface area contributed by atoms with Crippen molar-refractivity contribution in [2.75, 3.05) is 0 Å². The molecule has 0 saturated heterocycles. The zero-order valence-corrected chi connectivity index (χ0v) is 10.3. The fraction of sp³-hybridized carbons (Fsp3) is 0.188. The van der Waals surface area contributed by atoms with Crippen molar-refractivity contribution in [3.8, 4) is 0 Å². The first-order valence-corrected chi connectivity index (χ1v) is 5.99. The second-order valence-electron chi connectivity index (χ2n) is 4.42. The van der Waals surface area contributed by atoms with Crippen LogP contribution in [-0.2, 0) is 0 Å². The van der Waals surface area contributed by atoms with Crippen LogP contribution in [0.15, 0.2) is 54.6 Å². The first-order chi connectivity index (χ1) is 8.66. The molecule has 0 aliphatic carbocycles. The number of rotatable bonds is 4. The van der Waals surface area contributed by atoms with Crippen LogP contribution < -0.4 is 0 Å². The van der Waals surface area contributed by atoms with Gasteiger partial charge >= 0.3 is 0 Å². The van der Waals surface area contributed by atoms with Crippen molar-refractivity contribution >= 4 is 5.78 Å². The Labute approximate surface area is 107 Å². The zero-order chi connectivity index (χ0) is 13.0. The Hall–Kier alpha value is -1.93. The van der Waals surface area contributed by atoms with E-state index < -0.39 is 6.10 Å². The predicted molar refractivity (Wildman–Crippen MR) is 71.5 cm³/mol. The van der Waals surface area contributed by atoms with Crippen LogP contribution in [0.3, 0.4) is 0 Å². The summed E-state index contributed by atoms with van der Waals surface area (Å²) < 4.78 is 0. The van der Waals surface area contributed by atoms with E-state index in [1.165, 1.54) is 0 Å². The molecule has 0 amide bonds. The van der Waals surface area contributed by atoms with Gasteiger partial charge in [-0.3, -0.25) is 4.79 Å². The van der Waals surface area contributed by atoms with Gasteiger partial charge in [-0.05, 0) is 12.5 Å². The summed E-state index contributed by atoms with van der Waals surface area (Å²) in [7, 11) is 0. The fourth-order valence-electron chi connectivity index (χ4n) is 1.82. The van der Waals surface area contributed by atoms with Gasteiger partial charge in [0.2, 0.25) is 0 Å². The van der Waals surface area contributed by atoms with Crippen molar-refractivity contribution < 1.29 is 9.90 Å². The molecule has 0 saturated carbocycles. The highest BCUT2D eigenvalue weighted by molar-refractivity contribution is 5.96. The maximum absolute atomic E-state index is 11.9. The summed E-state index contributed by atoms with van der Waals surface area (Å²) in [6, 6.07) is 16.6. The molecular formula is C16H16O2. The van der Waals surface area contributed by atoms with Gasteiger partial charge in [0.15, 0.2) is 5.78 Å². The molecule has 2 heteroatoms. The molecular weight excluding hydrogens is 224 g/mol. The molecule has 0 bridgehead atoms. The second-order valence-corrected chi connectivity index (χ2v) is 4.42. The minimum atomic E-state index is -0.738. The SMILES string of the molecule is Cc1ccc(C(O)CC(=O)c2ccccc2)cc1. The number of benzene rings is 2. The largest absolute Gasteiger partial charge is 0.388 e. The van der Waals surface area contributed by atoms with Gasteiger partial charge in [0.1, 0.15) is 0 Å². The summed E-state index contributed by atoms with van der Waals surface area (Å²) in [6.07, 6.45) is -0.620. The van der Waals surface area contributed by atoms with E-state index in [9.17, 15) is 9.90 Å². The zero-order valence-electron chi connectivity index (χ0n) is 10.3. The van der Waals surface area contributed by atoms with Crippen molar-refractivity contribution in [1.29, 1.82) is 0 Å². The number of hydrogen-bond acceptors (Lipinski definition) is 2. The minimum absolute atomic E-state index is 0.0383. The summed E-state index contributed by atoms with van der Waals surface area (Å²) in [6.45, 7) is 1.99. The van der Waals surface area contributed by atoms with Gasteiger partial charge in [-0.2, -0.15) is 0 Å². The quantitative estimate of drug-likeness (QED) is 0.832. The van der Waals surface area contributed by atoms with Crippen molar-refractivity contribution in [2.45, 2.75) is 19.4 Å². The Morgan fingerprint density at radius 3 is 2.28 bits per heavy atom. The van der Waals surface area contributed by atoms with E-state index in [1.807, 2.05) is 49.4 Å². The number of Topliss-reactive ketones (excluding diaryl/α,β-unsaturated/α-hetero) is 1. The third-order valence-electron chi connectivity index (χ3n) is 2.94. The lowest BCUT2D eigenvalue weighted by atomic mass is 9.99. The molecule has 1 unspecified atom stereocenters. The number of aliphatic hydroxyl groups is 1. The molecule has 0 fully saturated rings. The van der Waals surface area contributed by atoms with Gasteiger partial charge < -0.3 is 5.11 Å². The third kappa shape index (κ3) is 3.05. The highest BCUT2D eigenvalue weighted by Crippen LogP contribution is 2.19. The Balaban J connectivity index is 2.06. The lowest BCUT2D eigenvalue weighted by molar-refractivity contribution is 0.0880. The summed E-state index contributed by atoms with van der Waals surface area (Å²) in [5.41, 5.74) is 2.56. The normalized spacial score (nSPS) is 12.1. The molecule has 0 aliphatic rings. The van der Waals surface area contributed by atoms with E-state index in [1.54, 1.807) is 12.1 Å². The average Bonchev–Trinajstić information content (AvgIpc) is 2.40. The first-order valence-electron chi connectivity index (χ1n) is 5.99. The third-order valence-corrected chi connectivity index (χ3v) is 2.94. The van der Waals surface area contributed by atoms with E-state index in [4.69, 9.17) is 0 Å². The van der Waals surface area contributed by atoms with Crippen LogP contribution in [0.1, 0.15) is 34.0 Å². The Morgan fingerprint density at radius 2 is 1.67 bits per heavy atom. The van der Waals surface area contributed by atoms with Crippen molar-refractivity contribution in [3.63, 3.8) is 0 Å². The Kier molecular flexibility index (Phi) is 3.90. The highest BCUT2D eigenvalue weighted by atomic mass is 16.3. The van der Waals surface area contributed by atoms with E-state index >= 15 is 0 Å². The molecule has 2 nitrogen and oxygen atoms in total. The second kappa shape index (κ2) is 5.61. The van der Waals surface area contributed by atoms with E-state index in [0.29, 0.717) is 5.56 Å². The van der Waals surface area contributed by atoms with Gasteiger partial charge in [-0.15, -0.1) is 0 Å². The van der Waals surface area contributed by atoms with E-state index in [-0.39, 0.29) is 12.2 Å². The van der Waals surface area contributed by atoms with Crippen molar-refractivity contribution in [3.05, 3.63) is 71.3 Å². The van der Waals surface area contributed by atoms with Crippen LogP contribution in [-0.4, -0.2) is 10.9 Å². The smallest absolute Gasteiger partial charge is 0.165 e. The molecule has 1 N–H and O–H groups in total. The van der Waals surface area contributed by atoms with Gasteiger partial charge in [-0.25, -0.2) is 0 Å². The molecule has 18 heavy (non-hydrogen) atoms. The molecule has 1 atom stereocenters. The highest BCUT2D eigenvalue weighted by Gasteiger charge is 2.14. The molecule has 0 radical (unpaired) electrons. The maximum atomic E-state index is 11.9. The maximum Gasteiger partial charge on any atom is 0.165 e. The van der Waals surface area contributed by atoms with Crippen molar-refractivity contribution in [2.24, 2.45) is 0 Å². The van der Waals surface area contributed by atoms with Crippen molar-refractivity contribution in [1.82, 2.24) is 0 Å². The van der Waals surface area contributed by atoms with Crippen LogP contribution >= 0.6 is 0 Å². The van der Waals surface area contributed by atoms with E-state index in [0.717, 1.165) is 11.1 Å². The summed E-state index contributed by atoms with van der Waals surface area (Å²) in [5, 5.41) is 10.0. The molecule has 0 spiro atoms. The minimum Gasteiger partial charge on any atom is -0.388 e. The summed E-state index contributed by atoms with van der Waals surface area (Å²) in [4.78, 5) is 11.9. The Morgan fingerprint density at radius 1 is 1.06 bits per heavy atom. The molecule has 0 heterocycles. The van der Waals surface area contributed by atoms with Gasteiger partial charge in [0, 0.05) is 12.0 Å². The Bertz CT molecular complexity index is 515. The number of carbonyl (C=O) groups is 1. The van der Waals surface area contributed by atoms with Gasteiger partial charge in [0.05, 0.1) is 6.10 Å². The van der Waals surface area contributed by atoms with Crippen LogP contribution in [0.5, 0.6) is 0 Å². The average molecular weight is 240 g/mol. The molecule has 2 aromatic rings. The molecule has 0 aromatic heterocycles. The summed E-state index contributed by atoms with van der Waals surface area (Å²) in [5.74, 6) is -0.0383. The van der Waals surface area contributed by atoms with Crippen LogP contribution in [0.2, 0.25) is 0 Å². The van der Waals surface area contributed by atoms with E-state index in [2.05, 4.69) is 0 Å². The monoisotopic (exact) mass is 240 g/mol. The van der Waals surface area contributed by atoms with Crippen LogP contribution in [0.4, 0.5) is 0 Å². The molecule has 92 valence electrons. The predicted octanol–water partition coefficient (Wildman–Crippen LogP) is 3.30. The standard InChI is InChI=1S/C16H16O2/c1-12-7-9-14(10-8-12)16(18)11-15(17)13-5-3-2-4-6-13/h2-10,16,18H,11H2,1H3. The first kappa shape index (κ1) is 12.5.